The Labute approximate surface area is 115 Å². The Kier molecular flexibility index (Phi) is 4.05. The van der Waals surface area contributed by atoms with Crippen LogP contribution < -0.4 is 0 Å². The lowest BCUT2D eigenvalue weighted by Crippen LogP contribution is -2.60. The van der Waals surface area contributed by atoms with Crippen molar-refractivity contribution in [1.29, 1.82) is 0 Å². The van der Waals surface area contributed by atoms with E-state index >= 15 is 0 Å². The van der Waals surface area contributed by atoms with Gasteiger partial charge in [0.2, 0.25) is 5.91 Å². The van der Waals surface area contributed by atoms with Crippen LogP contribution in [0, 0.1) is 5.92 Å². The number of rotatable bonds is 6. The van der Waals surface area contributed by atoms with Crippen LogP contribution in [0.25, 0.3) is 0 Å². The van der Waals surface area contributed by atoms with E-state index in [9.17, 15) is 19.8 Å². The minimum Gasteiger partial charge on any atom is -0.485 e. The Morgan fingerprint density at radius 1 is 1.58 bits per heavy atom. The zero-order valence-electron chi connectivity index (χ0n) is 10.8. The molecule has 1 saturated heterocycles. The van der Waals surface area contributed by atoms with Crippen LogP contribution >= 0.6 is 11.8 Å². The van der Waals surface area contributed by atoms with Gasteiger partial charge in [-0.3, -0.25) is 9.69 Å². The third kappa shape index (κ3) is 2.32. The van der Waals surface area contributed by atoms with E-state index in [2.05, 4.69) is 0 Å². The van der Waals surface area contributed by atoms with Gasteiger partial charge in [0.15, 0.2) is 10.8 Å². The van der Waals surface area contributed by atoms with Crippen molar-refractivity contribution < 1.29 is 24.5 Å². The van der Waals surface area contributed by atoms with E-state index in [1.165, 1.54) is 23.6 Å². The lowest BCUT2D eigenvalue weighted by atomic mass is 9.92. The molecule has 3 atom stereocenters. The van der Waals surface area contributed by atoms with Crippen LogP contribution in [0.5, 0.6) is 0 Å². The molecule has 0 aliphatic carbocycles. The average molecular weight is 287 g/mol. The number of thioether (sulfide) groups is 1. The number of unbranched alkanes of at least 4 members (excludes halogenated alkanes) is 1. The van der Waals surface area contributed by atoms with Crippen LogP contribution in [0.4, 0.5) is 0 Å². The summed E-state index contributed by atoms with van der Waals surface area (Å²) in [5, 5.41) is 18.7. The van der Waals surface area contributed by atoms with Gasteiger partial charge < -0.3 is 14.9 Å². The van der Waals surface area contributed by atoms with E-state index < -0.39 is 18.0 Å². The standard InChI is InChI=1S/C12H17NO5S/c1-3-4-5-18-12-8(11(16)17)13-9(15)7(6(2)14)10(13)19-12/h6-7,10,14H,3-5H2,1-2H3,(H,16,17)/t6?,7-,10+/m0/s1. The van der Waals surface area contributed by atoms with Gasteiger partial charge in [0.25, 0.3) is 0 Å². The molecule has 0 spiro atoms. The van der Waals surface area contributed by atoms with E-state index in [-0.39, 0.29) is 22.1 Å². The number of carboxylic acid groups (broad SMARTS) is 1. The van der Waals surface area contributed by atoms with Crippen LogP contribution in [-0.2, 0) is 14.3 Å². The molecule has 0 radical (unpaired) electrons. The summed E-state index contributed by atoms with van der Waals surface area (Å²) in [6, 6.07) is 0. The van der Waals surface area contributed by atoms with Crippen LogP contribution in [0.3, 0.4) is 0 Å². The number of ether oxygens (including phenoxy) is 1. The predicted molar refractivity (Wildman–Crippen MR) is 68.9 cm³/mol. The van der Waals surface area contributed by atoms with Gasteiger partial charge in [0.05, 0.1) is 18.6 Å². The van der Waals surface area contributed by atoms with E-state index in [0.29, 0.717) is 6.61 Å². The number of carbonyl (C=O) groups excluding carboxylic acids is 1. The maximum Gasteiger partial charge on any atom is 0.357 e. The molecule has 2 N–H and O–H groups in total. The molecule has 0 saturated carbocycles. The predicted octanol–water partition coefficient (Wildman–Crippen LogP) is 0.969. The molecule has 0 bridgehead atoms. The SMILES string of the molecule is CCCCOC1=C(C(=O)O)N2C(=O)[C@H](C(C)O)[C@H]2S1. The second-order valence-electron chi connectivity index (χ2n) is 4.63. The Morgan fingerprint density at radius 3 is 2.79 bits per heavy atom. The summed E-state index contributed by atoms with van der Waals surface area (Å²) in [6.45, 7) is 3.98. The van der Waals surface area contributed by atoms with Gasteiger partial charge in [-0.2, -0.15) is 0 Å². The Bertz CT molecular complexity index is 434. The molecule has 19 heavy (non-hydrogen) atoms. The van der Waals surface area contributed by atoms with Crippen LogP contribution in [0.2, 0.25) is 0 Å². The maximum absolute atomic E-state index is 11.9. The highest BCUT2D eigenvalue weighted by Crippen LogP contribution is 2.50. The summed E-state index contributed by atoms with van der Waals surface area (Å²) in [5.41, 5.74) is -0.0898. The quantitative estimate of drug-likeness (QED) is 0.559. The summed E-state index contributed by atoms with van der Waals surface area (Å²) >= 11 is 1.21. The fourth-order valence-corrected chi connectivity index (χ4v) is 3.63. The number of β-lactam (4-membered cyclic amide) rings is 1. The number of hydrogen-bond donors (Lipinski definition) is 2. The minimum atomic E-state index is -1.17. The number of carboxylic acids is 1. The van der Waals surface area contributed by atoms with E-state index in [1.54, 1.807) is 0 Å². The molecule has 2 aliphatic rings. The first-order chi connectivity index (χ1) is 8.99. The first-order valence-electron chi connectivity index (χ1n) is 6.27. The van der Waals surface area contributed by atoms with E-state index in [1.807, 2.05) is 6.92 Å². The van der Waals surface area contributed by atoms with Crippen molar-refractivity contribution in [3.63, 3.8) is 0 Å². The summed E-state index contributed by atoms with van der Waals surface area (Å²) in [6.07, 6.45) is 0.990. The maximum atomic E-state index is 11.9. The molecule has 2 rings (SSSR count). The Morgan fingerprint density at radius 2 is 2.26 bits per heavy atom. The van der Waals surface area contributed by atoms with Gasteiger partial charge in [0.1, 0.15) is 5.37 Å². The van der Waals surface area contributed by atoms with Crippen molar-refractivity contribution in [1.82, 2.24) is 4.90 Å². The van der Waals surface area contributed by atoms with Gasteiger partial charge in [0, 0.05) is 0 Å². The average Bonchev–Trinajstić information content (AvgIpc) is 2.64. The monoisotopic (exact) mass is 287 g/mol. The van der Waals surface area contributed by atoms with Gasteiger partial charge >= 0.3 is 5.97 Å². The fraction of sp³-hybridized carbons (Fsp3) is 0.667. The molecular weight excluding hydrogens is 270 g/mol. The Hall–Kier alpha value is -1.21. The van der Waals surface area contributed by atoms with Crippen molar-refractivity contribution >= 4 is 23.6 Å². The van der Waals surface area contributed by atoms with Crippen molar-refractivity contribution in [3.05, 3.63) is 10.8 Å². The van der Waals surface area contributed by atoms with Crippen molar-refractivity contribution in [2.45, 2.75) is 38.2 Å². The highest BCUT2D eigenvalue weighted by Gasteiger charge is 2.58. The second-order valence-corrected chi connectivity index (χ2v) is 5.72. The van der Waals surface area contributed by atoms with Gasteiger partial charge in [-0.25, -0.2) is 4.79 Å². The van der Waals surface area contributed by atoms with Crippen LogP contribution in [0.1, 0.15) is 26.7 Å². The molecule has 6 nitrogen and oxygen atoms in total. The van der Waals surface area contributed by atoms with Gasteiger partial charge in [-0.05, 0) is 13.3 Å². The number of nitrogens with zero attached hydrogens (tertiary/aromatic N) is 1. The lowest BCUT2D eigenvalue weighted by molar-refractivity contribution is -0.156. The molecule has 2 aliphatic heterocycles. The topological polar surface area (TPSA) is 87.1 Å². The highest BCUT2D eigenvalue weighted by molar-refractivity contribution is 8.03. The van der Waals surface area contributed by atoms with Crippen molar-refractivity contribution in [2.75, 3.05) is 6.61 Å². The van der Waals surface area contributed by atoms with E-state index in [0.717, 1.165) is 12.8 Å². The third-order valence-corrected chi connectivity index (χ3v) is 4.47. The zero-order chi connectivity index (χ0) is 14.2. The number of amides is 1. The van der Waals surface area contributed by atoms with Crippen LogP contribution in [0.15, 0.2) is 10.8 Å². The smallest absolute Gasteiger partial charge is 0.357 e. The number of aliphatic hydroxyl groups is 1. The first kappa shape index (κ1) is 14.2. The second kappa shape index (κ2) is 5.42. The molecule has 0 aromatic rings. The molecule has 0 aromatic heterocycles. The normalized spacial score (nSPS) is 27.1. The number of carbonyl (C=O) groups is 2. The molecule has 1 amide bonds. The van der Waals surface area contributed by atoms with Crippen molar-refractivity contribution in [3.8, 4) is 0 Å². The molecule has 106 valence electrons. The van der Waals surface area contributed by atoms with Crippen molar-refractivity contribution in [2.24, 2.45) is 5.92 Å². The highest BCUT2D eigenvalue weighted by atomic mass is 32.2. The van der Waals surface area contributed by atoms with Gasteiger partial charge in [-0.15, -0.1) is 0 Å². The van der Waals surface area contributed by atoms with Gasteiger partial charge in [-0.1, -0.05) is 25.1 Å². The third-order valence-electron chi connectivity index (χ3n) is 3.20. The summed E-state index contributed by atoms with van der Waals surface area (Å²) < 4.78 is 5.46. The summed E-state index contributed by atoms with van der Waals surface area (Å²) in [4.78, 5) is 24.3. The summed E-state index contributed by atoms with van der Waals surface area (Å²) in [7, 11) is 0. The summed E-state index contributed by atoms with van der Waals surface area (Å²) in [5.74, 6) is -2.07. The molecule has 0 aromatic carbocycles. The Balaban J connectivity index is 2.14. The lowest BCUT2D eigenvalue weighted by Gasteiger charge is -2.43. The number of fused-ring (bicyclic) bond motifs is 1. The molecule has 7 heteroatoms. The molecule has 1 unspecified atom stereocenters. The fourth-order valence-electron chi connectivity index (χ4n) is 2.16. The largest absolute Gasteiger partial charge is 0.485 e. The minimum absolute atomic E-state index is 0.0898. The molecular formula is C12H17NO5S. The number of aliphatic carboxylic acids is 1. The number of aliphatic hydroxyl groups excluding tert-OH is 1. The zero-order valence-corrected chi connectivity index (χ0v) is 11.6. The molecule has 2 heterocycles. The number of hydrogen-bond acceptors (Lipinski definition) is 5. The first-order valence-corrected chi connectivity index (χ1v) is 7.15. The van der Waals surface area contributed by atoms with E-state index in [4.69, 9.17) is 4.74 Å². The molecule has 1 fully saturated rings. The van der Waals surface area contributed by atoms with Crippen LogP contribution in [-0.4, -0.2) is 45.1 Å².